The largest absolute Gasteiger partial charge is 0.461 e. The van der Waals surface area contributed by atoms with Gasteiger partial charge in [-0.3, -0.25) is 0 Å². The number of carbonyl (C=O) groups is 1. The van der Waals surface area contributed by atoms with E-state index in [1.807, 2.05) is 30.3 Å². The van der Waals surface area contributed by atoms with Crippen LogP contribution in [0.5, 0.6) is 0 Å². The summed E-state index contributed by atoms with van der Waals surface area (Å²) in [7, 11) is 0. The molecule has 1 N–H and O–H groups in total. The molecule has 0 unspecified atom stereocenters. The fourth-order valence-corrected chi connectivity index (χ4v) is 1.47. The molecule has 1 aromatic heterocycles. The van der Waals surface area contributed by atoms with Gasteiger partial charge in [0.1, 0.15) is 0 Å². The van der Waals surface area contributed by atoms with Gasteiger partial charge in [0.2, 0.25) is 0 Å². The molecule has 1 heterocycles. The van der Waals surface area contributed by atoms with Crippen molar-refractivity contribution >= 4 is 5.97 Å². The molecule has 0 radical (unpaired) electrons. The zero-order valence-corrected chi connectivity index (χ0v) is 8.93. The highest BCUT2D eigenvalue weighted by atomic mass is 16.5. The Morgan fingerprint density at radius 1 is 1.38 bits per heavy atom. The lowest BCUT2D eigenvalue weighted by Gasteiger charge is -2.02. The van der Waals surface area contributed by atoms with Crippen LogP contribution in [0, 0.1) is 0 Å². The van der Waals surface area contributed by atoms with Crippen molar-refractivity contribution in [2.45, 2.75) is 6.92 Å². The van der Waals surface area contributed by atoms with Gasteiger partial charge in [-0.1, -0.05) is 30.3 Å². The number of esters is 1. The highest BCUT2D eigenvalue weighted by Gasteiger charge is 2.16. The van der Waals surface area contributed by atoms with Gasteiger partial charge in [0, 0.05) is 5.56 Å². The Bertz CT molecular complexity index is 477. The number of imidazole rings is 1. The summed E-state index contributed by atoms with van der Waals surface area (Å²) in [4.78, 5) is 18.5. The Labute approximate surface area is 93.3 Å². The normalized spacial score (nSPS) is 10.1. The molecule has 0 amide bonds. The van der Waals surface area contributed by atoms with E-state index in [-0.39, 0.29) is 0 Å². The third-order valence-electron chi connectivity index (χ3n) is 2.17. The Hall–Kier alpha value is -2.10. The standard InChI is InChI=1S/C12H12N2O2/c1-2-16-12(15)11-10(13-8-14-11)9-6-4-3-5-7-9/h3-8H,2H2,1H3,(H,13,14). The molecule has 16 heavy (non-hydrogen) atoms. The van der Waals surface area contributed by atoms with Gasteiger partial charge in [-0.05, 0) is 6.92 Å². The molecule has 0 spiro atoms. The summed E-state index contributed by atoms with van der Waals surface area (Å²) >= 11 is 0. The average molecular weight is 216 g/mol. The van der Waals surface area contributed by atoms with Crippen LogP contribution in [0.1, 0.15) is 17.4 Å². The van der Waals surface area contributed by atoms with Gasteiger partial charge in [0.25, 0.3) is 0 Å². The van der Waals surface area contributed by atoms with Crippen LogP contribution < -0.4 is 0 Å². The van der Waals surface area contributed by atoms with Gasteiger partial charge in [0.15, 0.2) is 5.69 Å². The summed E-state index contributed by atoms with van der Waals surface area (Å²) < 4.78 is 4.93. The minimum absolute atomic E-state index is 0.327. The highest BCUT2D eigenvalue weighted by Crippen LogP contribution is 2.20. The number of nitrogens with zero attached hydrogens (tertiary/aromatic N) is 1. The van der Waals surface area contributed by atoms with Crippen molar-refractivity contribution in [2.24, 2.45) is 0 Å². The number of aromatic amines is 1. The van der Waals surface area contributed by atoms with Gasteiger partial charge in [-0.15, -0.1) is 0 Å². The van der Waals surface area contributed by atoms with E-state index in [2.05, 4.69) is 9.97 Å². The Kier molecular flexibility index (Phi) is 3.00. The van der Waals surface area contributed by atoms with Crippen molar-refractivity contribution in [2.75, 3.05) is 6.61 Å². The van der Waals surface area contributed by atoms with E-state index in [4.69, 9.17) is 4.74 Å². The molecule has 0 aliphatic heterocycles. The van der Waals surface area contributed by atoms with Crippen molar-refractivity contribution in [3.05, 3.63) is 42.4 Å². The molecular weight excluding hydrogens is 204 g/mol. The van der Waals surface area contributed by atoms with E-state index >= 15 is 0 Å². The van der Waals surface area contributed by atoms with Crippen LogP contribution in [0.3, 0.4) is 0 Å². The van der Waals surface area contributed by atoms with Crippen LogP contribution in [0.25, 0.3) is 11.3 Å². The van der Waals surface area contributed by atoms with Crippen molar-refractivity contribution < 1.29 is 9.53 Å². The summed E-state index contributed by atoms with van der Waals surface area (Å²) in [5, 5.41) is 0. The summed E-state index contributed by atoms with van der Waals surface area (Å²) in [6.07, 6.45) is 1.49. The minimum atomic E-state index is -0.400. The molecule has 0 aliphatic carbocycles. The molecule has 2 rings (SSSR count). The van der Waals surface area contributed by atoms with Crippen LogP contribution >= 0.6 is 0 Å². The molecule has 1 aromatic carbocycles. The van der Waals surface area contributed by atoms with Crippen molar-refractivity contribution in [1.82, 2.24) is 9.97 Å². The topological polar surface area (TPSA) is 55.0 Å². The maximum Gasteiger partial charge on any atom is 0.359 e. The fourth-order valence-electron chi connectivity index (χ4n) is 1.47. The zero-order chi connectivity index (χ0) is 11.4. The first-order chi connectivity index (χ1) is 7.83. The molecule has 0 fully saturated rings. The molecule has 4 heteroatoms. The number of rotatable bonds is 3. The van der Waals surface area contributed by atoms with Gasteiger partial charge in [-0.25, -0.2) is 9.78 Å². The summed E-state index contributed by atoms with van der Waals surface area (Å²) in [5.74, 6) is -0.400. The molecular formula is C12H12N2O2. The molecule has 0 atom stereocenters. The Morgan fingerprint density at radius 2 is 2.12 bits per heavy atom. The molecule has 0 saturated heterocycles. The lowest BCUT2D eigenvalue weighted by atomic mass is 10.1. The first-order valence-corrected chi connectivity index (χ1v) is 5.09. The monoisotopic (exact) mass is 216 g/mol. The third kappa shape index (κ3) is 1.95. The number of aromatic nitrogens is 2. The second-order valence-electron chi connectivity index (χ2n) is 3.21. The molecule has 0 bridgehead atoms. The second-order valence-corrected chi connectivity index (χ2v) is 3.21. The number of carbonyl (C=O) groups excluding carboxylic acids is 1. The SMILES string of the molecule is CCOC(=O)c1nc[nH]c1-c1ccccc1. The van der Waals surface area contributed by atoms with E-state index in [0.717, 1.165) is 5.56 Å². The van der Waals surface area contributed by atoms with Gasteiger partial charge in [0.05, 0.1) is 18.6 Å². The van der Waals surface area contributed by atoms with Crippen molar-refractivity contribution in [3.63, 3.8) is 0 Å². The van der Waals surface area contributed by atoms with E-state index in [0.29, 0.717) is 18.0 Å². The van der Waals surface area contributed by atoms with Crippen molar-refractivity contribution in [1.29, 1.82) is 0 Å². The zero-order valence-electron chi connectivity index (χ0n) is 8.93. The molecule has 4 nitrogen and oxygen atoms in total. The first kappa shape index (κ1) is 10.4. The van der Waals surface area contributed by atoms with E-state index in [1.54, 1.807) is 6.92 Å². The molecule has 0 aliphatic rings. The first-order valence-electron chi connectivity index (χ1n) is 5.09. The second kappa shape index (κ2) is 4.61. The van der Waals surface area contributed by atoms with Crippen LogP contribution in [0.15, 0.2) is 36.7 Å². The maximum absolute atomic E-state index is 11.6. The van der Waals surface area contributed by atoms with Gasteiger partial charge >= 0.3 is 5.97 Å². The smallest absolute Gasteiger partial charge is 0.359 e. The van der Waals surface area contributed by atoms with Crippen LogP contribution in [-0.4, -0.2) is 22.5 Å². The summed E-state index contributed by atoms with van der Waals surface area (Å²) in [6, 6.07) is 9.56. The number of H-pyrrole nitrogens is 1. The lowest BCUT2D eigenvalue weighted by molar-refractivity contribution is 0.0521. The predicted octanol–water partition coefficient (Wildman–Crippen LogP) is 2.25. The van der Waals surface area contributed by atoms with E-state index < -0.39 is 5.97 Å². The summed E-state index contributed by atoms with van der Waals surface area (Å²) in [6.45, 7) is 2.12. The maximum atomic E-state index is 11.6. The molecule has 82 valence electrons. The van der Waals surface area contributed by atoms with Crippen LogP contribution in [0.2, 0.25) is 0 Å². The predicted molar refractivity (Wildman–Crippen MR) is 60.0 cm³/mol. The number of benzene rings is 1. The number of hydrogen-bond donors (Lipinski definition) is 1. The lowest BCUT2D eigenvalue weighted by Crippen LogP contribution is -2.06. The third-order valence-corrected chi connectivity index (χ3v) is 2.17. The quantitative estimate of drug-likeness (QED) is 0.800. The fraction of sp³-hybridized carbons (Fsp3) is 0.167. The Morgan fingerprint density at radius 3 is 2.81 bits per heavy atom. The molecule has 0 saturated carbocycles. The minimum Gasteiger partial charge on any atom is -0.461 e. The molecule has 2 aromatic rings. The van der Waals surface area contributed by atoms with Crippen LogP contribution in [-0.2, 0) is 4.74 Å². The number of hydrogen-bond acceptors (Lipinski definition) is 3. The number of nitrogens with one attached hydrogen (secondary N) is 1. The van der Waals surface area contributed by atoms with Crippen LogP contribution in [0.4, 0.5) is 0 Å². The highest BCUT2D eigenvalue weighted by molar-refractivity contribution is 5.94. The van der Waals surface area contributed by atoms with E-state index in [1.165, 1.54) is 6.33 Å². The van der Waals surface area contributed by atoms with Gasteiger partial charge in [-0.2, -0.15) is 0 Å². The average Bonchev–Trinajstić information content (AvgIpc) is 2.79. The van der Waals surface area contributed by atoms with Gasteiger partial charge < -0.3 is 9.72 Å². The van der Waals surface area contributed by atoms with Crippen molar-refractivity contribution in [3.8, 4) is 11.3 Å². The van der Waals surface area contributed by atoms with E-state index in [9.17, 15) is 4.79 Å². The Balaban J connectivity index is 2.37. The number of ether oxygens (including phenoxy) is 1. The summed E-state index contributed by atoms with van der Waals surface area (Å²) in [5.41, 5.74) is 1.94.